The summed E-state index contributed by atoms with van der Waals surface area (Å²) in [7, 11) is 1.30. The Balaban J connectivity index is 4.58. The first-order chi connectivity index (χ1) is 6.64. The van der Waals surface area contributed by atoms with Crippen LogP contribution >= 0.6 is 0 Å². The summed E-state index contributed by atoms with van der Waals surface area (Å²) >= 11 is 0. The van der Waals surface area contributed by atoms with Gasteiger partial charge in [-0.25, -0.2) is 4.79 Å². The van der Waals surface area contributed by atoms with E-state index in [9.17, 15) is 4.79 Å². The van der Waals surface area contributed by atoms with E-state index in [-0.39, 0.29) is 0 Å². The lowest BCUT2D eigenvalue weighted by atomic mass is 10.1. The van der Waals surface area contributed by atoms with Gasteiger partial charge < -0.3 is 8.85 Å². The molecule has 82 valence electrons. The second-order valence-corrected chi connectivity index (χ2v) is 6.32. The van der Waals surface area contributed by atoms with Crippen LogP contribution in [0.1, 0.15) is 33.1 Å². The van der Waals surface area contributed by atoms with Crippen LogP contribution in [0.5, 0.6) is 0 Å². The quantitative estimate of drug-likeness (QED) is 0.367. The number of hydrogen-bond acceptors (Lipinski definition) is 4. The second kappa shape index (κ2) is 6.90. The van der Waals surface area contributed by atoms with Gasteiger partial charge in [0.1, 0.15) is 5.16 Å². The average molecular weight is 217 g/mol. The van der Waals surface area contributed by atoms with E-state index in [0.717, 1.165) is 19.3 Å². The number of aliphatic imine (C=N–C) groups is 1. The van der Waals surface area contributed by atoms with E-state index < -0.39 is 14.4 Å². The normalized spacial score (nSPS) is 14.9. The first kappa shape index (κ1) is 13.5. The Morgan fingerprint density at radius 3 is 2.36 bits per heavy atom. The summed E-state index contributed by atoms with van der Waals surface area (Å²) < 4.78 is 10.5. The lowest BCUT2D eigenvalue weighted by Gasteiger charge is -2.28. The molecule has 0 aliphatic heterocycles. The van der Waals surface area contributed by atoms with Crippen LogP contribution in [-0.4, -0.2) is 34.7 Å². The molecule has 0 aromatic rings. The van der Waals surface area contributed by atoms with Gasteiger partial charge in [0, 0.05) is 14.2 Å². The van der Waals surface area contributed by atoms with E-state index in [2.05, 4.69) is 11.9 Å². The van der Waals surface area contributed by atoms with Crippen molar-refractivity contribution in [3.05, 3.63) is 0 Å². The van der Waals surface area contributed by atoms with E-state index in [1.165, 1.54) is 0 Å². The molecule has 0 aromatic heterocycles. The van der Waals surface area contributed by atoms with Gasteiger partial charge in [0.05, 0.1) is 0 Å². The fraction of sp³-hybridized carbons (Fsp3) is 0.889. The van der Waals surface area contributed by atoms with Gasteiger partial charge in [-0.15, -0.1) is 0 Å². The number of isocyanates is 1. The summed E-state index contributed by atoms with van der Waals surface area (Å²) in [5.74, 6) is 0. The Bertz CT molecular complexity index is 202. The number of hydrogen-bond donors (Lipinski definition) is 0. The van der Waals surface area contributed by atoms with Gasteiger partial charge in [-0.2, -0.15) is 4.99 Å². The van der Waals surface area contributed by atoms with Crippen LogP contribution in [0.15, 0.2) is 4.99 Å². The van der Waals surface area contributed by atoms with Crippen LogP contribution in [0.25, 0.3) is 0 Å². The van der Waals surface area contributed by atoms with Crippen LogP contribution in [-0.2, 0) is 13.6 Å². The lowest BCUT2D eigenvalue weighted by molar-refractivity contribution is 0.241. The van der Waals surface area contributed by atoms with E-state index >= 15 is 0 Å². The van der Waals surface area contributed by atoms with Crippen LogP contribution in [0, 0.1) is 0 Å². The van der Waals surface area contributed by atoms with E-state index in [1.807, 2.05) is 6.92 Å². The molecule has 0 N–H and O–H groups in total. The molecule has 0 aromatic carbocycles. The van der Waals surface area contributed by atoms with Crippen LogP contribution in [0.2, 0.25) is 0 Å². The molecule has 0 rings (SSSR count). The van der Waals surface area contributed by atoms with E-state index in [0.29, 0.717) is 0 Å². The number of rotatable bonds is 7. The van der Waals surface area contributed by atoms with Crippen molar-refractivity contribution in [2.24, 2.45) is 4.99 Å². The summed E-state index contributed by atoms with van der Waals surface area (Å²) in [6, 6.07) is 0. The molecule has 1 unspecified atom stereocenters. The van der Waals surface area contributed by atoms with Crippen molar-refractivity contribution in [1.29, 1.82) is 0 Å². The third-order valence-electron chi connectivity index (χ3n) is 2.27. The Hall–Kier alpha value is -0.483. The first-order valence-corrected chi connectivity index (χ1v) is 6.31. The highest BCUT2D eigenvalue weighted by atomic mass is 28.3. The van der Waals surface area contributed by atoms with Crippen molar-refractivity contribution in [3.8, 4) is 0 Å². The number of unbranched alkanes of at least 4 members (excludes halogenated alkanes) is 1. The summed E-state index contributed by atoms with van der Waals surface area (Å²) in [4.78, 5) is 14.2. The number of nitrogens with zero attached hydrogens (tertiary/aromatic N) is 1. The summed E-state index contributed by atoms with van der Waals surface area (Å²) in [6.45, 7) is 4.00. The van der Waals surface area contributed by atoms with Crippen molar-refractivity contribution in [2.75, 3.05) is 14.2 Å². The van der Waals surface area contributed by atoms with E-state index in [4.69, 9.17) is 8.85 Å². The molecule has 0 fully saturated rings. The molecule has 0 aliphatic rings. The topological polar surface area (TPSA) is 47.9 Å². The summed E-state index contributed by atoms with van der Waals surface area (Å²) in [5, 5.41) is -0.485. The van der Waals surface area contributed by atoms with Crippen LogP contribution in [0.3, 0.4) is 0 Å². The van der Waals surface area contributed by atoms with Crippen molar-refractivity contribution in [3.63, 3.8) is 0 Å². The highest BCUT2D eigenvalue weighted by Crippen LogP contribution is 2.22. The minimum absolute atomic E-state index is 0.485. The molecule has 0 aliphatic carbocycles. The molecule has 0 spiro atoms. The maximum atomic E-state index is 10.3. The average Bonchev–Trinajstić information content (AvgIpc) is 2.17. The molecule has 4 nitrogen and oxygen atoms in total. The third-order valence-corrected chi connectivity index (χ3v) is 4.56. The standard InChI is InChI=1S/C9H19NO3Si/c1-5-6-7-9(2,10-8-11)14(12-3)13-4/h14H,5-7H2,1-4H3. The predicted octanol–water partition coefficient (Wildman–Crippen LogP) is 1.32. The summed E-state index contributed by atoms with van der Waals surface area (Å²) in [5.41, 5.74) is 0. The minimum Gasteiger partial charge on any atom is -0.399 e. The molecule has 0 amide bonds. The molecule has 14 heavy (non-hydrogen) atoms. The monoisotopic (exact) mass is 217 g/mol. The molecule has 1 atom stereocenters. The highest BCUT2D eigenvalue weighted by Gasteiger charge is 2.37. The fourth-order valence-corrected chi connectivity index (χ4v) is 3.28. The van der Waals surface area contributed by atoms with Gasteiger partial charge in [0.25, 0.3) is 0 Å². The smallest absolute Gasteiger partial charge is 0.350 e. The first-order valence-electron chi connectivity index (χ1n) is 4.79. The zero-order valence-corrected chi connectivity index (χ0v) is 10.5. The molecule has 0 saturated heterocycles. The van der Waals surface area contributed by atoms with Gasteiger partial charge in [0.2, 0.25) is 6.08 Å². The Kier molecular flexibility index (Phi) is 6.66. The summed E-state index contributed by atoms with van der Waals surface area (Å²) in [6.07, 6.45) is 4.51. The Labute approximate surface area is 87.2 Å². The molecule has 0 radical (unpaired) electrons. The molecular weight excluding hydrogens is 198 g/mol. The van der Waals surface area contributed by atoms with Crippen molar-refractivity contribution in [2.45, 2.75) is 38.3 Å². The zero-order valence-electron chi connectivity index (χ0n) is 9.37. The van der Waals surface area contributed by atoms with Gasteiger partial charge >= 0.3 is 9.28 Å². The van der Waals surface area contributed by atoms with Crippen LogP contribution < -0.4 is 0 Å². The molecule has 0 bridgehead atoms. The largest absolute Gasteiger partial charge is 0.399 e. The van der Waals surface area contributed by atoms with Gasteiger partial charge in [0.15, 0.2) is 0 Å². The third kappa shape index (κ3) is 3.72. The van der Waals surface area contributed by atoms with Crippen molar-refractivity contribution < 1.29 is 13.6 Å². The lowest BCUT2D eigenvalue weighted by Crippen LogP contribution is -2.45. The molecule has 0 saturated carbocycles. The SMILES string of the molecule is CCCCC(C)(N=C=O)[SiH](OC)OC. The maximum Gasteiger partial charge on any atom is 0.350 e. The fourth-order valence-electron chi connectivity index (χ4n) is 1.47. The molecular formula is C9H19NO3Si. The Morgan fingerprint density at radius 2 is 2.00 bits per heavy atom. The van der Waals surface area contributed by atoms with E-state index in [1.54, 1.807) is 20.3 Å². The Morgan fingerprint density at radius 1 is 1.43 bits per heavy atom. The molecule has 5 heteroatoms. The van der Waals surface area contributed by atoms with Gasteiger partial charge in [-0.05, 0) is 13.3 Å². The maximum absolute atomic E-state index is 10.3. The second-order valence-electron chi connectivity index (χ2n) is 3.47. The minimum atomic E-state index is -1.90. The molecule has 0 heterocycles. The van der Waals surface area contributed by atoms with Gasteiger partial charge in [-0.1, -0.05) is 19.8 Å². The van der Waals surface area contributed by atoms with Gasteiger partial charge in [-0.3, -0.25) is 0 Å². The van der Waals surface area contributed by atoms with Crippen molar-refractivity contribution >= 4 is 15.4 Å². The van der Waals surface area contributed by atoms with Crippen LogP contribution in [0.4, 0.5) is 0 Å². The zero-order chi connectivity index (χ0) is 11.0. The van der Waals surface area contributed by atoms with Crippen molar-refractivity contribution in [1.82, 2.24) is 0 Å². The number of carbonyl (C=O) groups excluding carboxylic acids is 1. The predicted molar refractivity (Wildman–Crippen MR) is 57.2 cm³/mol. The highest BCUT2D eigenvalue weighted by molar-refractivity contribution is 6.48.